The fourth-order valence-corrected chi connectivity index (χ4v) is 3.68. The molecule has 0 bridgehead atoms. The van der Waals surface area contributed by atoms with Crippen LogP contribution < -0.4 is 5.32 Å². The normalized spacial score (nSPS) is 31.9. The first-order valence-electron chi connectivity index (χ1n) is 7.80. The molecule has 0 heterocycles. The van der Waals surface area contributed by atoms with Crippen LogP contribution in [0.1, 0.15) is 57.8 Å². The molecule has 2 aliphatic rings. The molecule has 0 saturated heterocycles. The molecule has 21 heavy (non-hydrogen) atoms. The Hall–Kier alpha value is -0.780. The molecule has 2 fully saturated rings. The summed E-state index contributed by atoms with van der Waals surface area (Å²) in [6, 6.07) is 0.222. The first-order chi connectivity index (χ1) is 9.87. The monoisotopic (exact) mass is 307 g/mol. The number of carbonyl (C=O) groups excluding carboxylic acids is 1. The van der Waals surface area contributed by atoms with Crippen LogP contribution in [0.3, 0.4) is 0 Å². The summed E-state index contributed by atoms with van der Waals surface area (Å²) in [6.07, 6.45) is 1.65. The number of esters is 1. The highest BCUT2D eigenvalue weighted by Crippen LogP contribution is 2.42. The lowest BCUT2D eigenvalue weighted by Crippen LogP contribution is -2.59. The molecule has 2 rings (SSSR count). The summed E-state index contributed by atoms with van der Waals surface area (Å²) in [5, 5.41) is 3.35. The van der Waals surface area contributed by atoms with Crippen LogP contribution in [0, 0.1) is 5.92 Å². The first-order valence-corrected chi connectivity index (χ1v) is 7.80. The summed E-state index contributed by atoms with van der Waals surface area (Å²) < 4.78 is 43.3. The van der Waals surface area contributed by atoms with Crippen molar-refractivity contribution in [1.29, 1.82) is 0 Å². The second-order valence-electron chi connectivity index (χ2n) is 6.37. The lowest BCUT2D eigenvalue weighted by molar-refractivity contribution is -0.189. The average molecular weight is 307 g/mol. The number of hydrogen-bond donors (Lipinski definition) is 1. The summed E-state index contributed by atoms with van der Waals surface area (Å²) in [5.41, 5.74) is -0.918. The second-order valence-corrected chi connectivity index (χ2v) is 6.37. The van der Waals surface area contributed by atoms with Gasteiger partial charge in [-0.25, -0.2) is 0 Å². The Kier molecular flexibility index (Phi) is 5.17. The summed E-state index contributed by atoms with van der Waals surface area (Å²) in [5.74, 6) is -1.70. The van der Waals surface area contributed by atoms with E-state index in [1.54, 1.807) is 0 Å². The Morgan fingerprint density at radius 2 is 1.67 bits per heavy atom. The van der Waals surface area contributed by atoms with Gasteiger partial charge in [-0.1, -0.05) is 19.3 Å². The largest absolute Gasteiger partial charge is 0.468 e. The van der Waals surface area contributed by atoms with Crippen molar-refractivity contribution in [2.75, 3.05) is 7.11 Å². The Morgan fingerprint density at radius 3 is 2.14 bits per heavy atom. The lowest BCUT2D eigenvalue weighted by Gasteiger charge is -2.42. The quantitative estimate of drug-likeness (QED) is 0.810. The van der Waals surface area contributed by atoms with Gasteiger partial charge in [0.1, 0.15) is 5.54 Å². The van der Waals surface area contributed by atoms with E-state index in [1.165, 1.54) is 13.5 Å². The molecule has 0 unspecified atom stereocenters. The van der Waals surface area contributed by atoms with E-state index >= 15 is 0 Å². The molecule has 6 heteroatoms. The van der Waals surface area contributed by atoms with Gasteiger partial charge in [0.2, 0.25) is 0 Å². The van der Waals surface area contributed by atoms with Gasteiger partial charge >= 0.3 is 12.1 Å². The van der Waals surface area contributed by atoms with Gasteiger partial charge in [-0.2, -0.15) is 13.2 Å². The minimum atomic E-state index is -4.16. The maximum atomic E-state index is 12.8. The highest BCUT2D eigenvalue weighted by Gasteiger charge is 2.50. The van der Waals surface area contributed by atoms with Gasteiger partial charge in [0.15, 0.2) is 0 Å². The van der Waals surface area contributed by atoms with Crippen molar-refractivity contribution in [2.45, 2.75) is 75.5 Å². The maximum Gasteiger partial charge on any atom is 0.391 e. The molecule has 122 valence electrons. The molecule has 0 aromatic carbocycles. The molecule has 0 aromatic rings. The number of methoxy groups -OCH3 is 1. The summed E-state index contributed by atoms with van der Waals surface area (Å²) in [6.45, 7) is 0. The van der Waals surface area contributed by atoms with E-state index in [-0.39, 0.29) is 31.7 Å². The molecular weight excluding hydrogens is 283 g/mol. The van der Waals surface area contributed by atoms with E-state index in [9.17, 15) is 18.0 Å². The Morgan fingerprint density at radius 1 is 1.10 bits per heavy atom. The van der Waals surface area contributed by atoms with Crippen molar-refractivity contribution < 1.29 is 22.7 Å². The van der Waals surface area contributed by atoms with Crippen LogP contribution in [-0.2, 0) is 9.53 Å². The number of alkyl halides is 3. The topological polar surface area (TPSA) is 38.3 Å². The maximum absolute atomic E-state index is 12.8. The van der Waals surface area contributed by atoms with Crippen molar-refractivity contribution in [3.63, 3.8) is 0 Å². The van der Waals surface area contributed by atoms with Gasteiger partial charge in [0, 0.05) is 6.04 Å². The second kappa shape index (κ2) is 6.55. The van der Waals surface area contributed by atoms with Crippen molar-refractivity contribution >= 4 is 5.97 Å². The van der Waals surface area contributed by atoms with Crippen LogP contribution in [0.2, 0.25) is 0 Å². The predicted molar refractivity (Wildman–Crippen MR) is 72.8 cm³/mol. The lowest BCUT2D eigenvalue weighted by atomic mass is 9.75. The smallest absolute Gasteiger partial charge is 0.391 e. The summed E-state index contributed by atoms with van der Waals surface area (Å²) in [4.78, 5) is 12.2. The molecule has 0 atom stereocenters. The van der Waals surface area contributed by atoms with Gasteiger partial charge in [0.25, 0.3) is 0 Å². The summed E-state index contributed by atoms with van der Waals surface area (Å²) >= 11 is 0. The molecule has 1 N–H and O–H groups in total. The van der Waals surface area contributed by atoms with Crippen LogP contribution in [0.5, 0.6) is 0 Å². The molecule has 2 aliphatic carbocycles. The molecule has 2 saturated carbocycles. The molecular formula is C15H24F3NO2. The predicted octanol–water partition coefficient (Wildman–Crippen LogP) is 3.57. The first kappa shape index (κ1) is 16.6. The minimum absolute atomic E-state index is 0.00167. The van der Waals surface area contributed by atoms with E-state index in [4.69, 9.17) is 4.74 Å². The third-order valence-corrected chi connectivity index (χ3v) is 4.96. The van der Waals surface area contributed by atoms with Crippen molar-refractivity contribution in [3.05, 3.63) is 0 Å². The molecule has 0 aliphatic heterocycles. The number of ether oxygens (including phenoxy) is 1. The van der Waals surface area contributed by atoms with E-state index in [0.29, 0.717) is 0 Å². The fourth-order valence-electron chi connectivity index (χ4n) is 3.68. The summed E-state index contributed by atoms with van der Waals surface area (Å²) in [7, 11) is 1.31. The number of carbonyl (C=O) groups is 1. The fraction of sp³-hybridized carbons (Fsp3) is 0.933. The van der Waals surface area contributed by atoms with Gasteiger partial charge in [0.05, 0.1) is 13.0 Å². The van der Waals surface area contributed by atoms with Crippen molar-refractivity contribution in [3.8, 4) is 0 Å². The molecule has 0 radical (unpaired) electrons. The number of hydrogen-bond acceptors (Lipinski definition) is 3. The highest BCUT2D eigenvalue weighted by molar-refractivity contribution is 5.81. The van der Waals surface area contributed by atoms with Crippen LogP contribution in [-0.4, -0.2) is 30.8 Å². The molecule has 3 nitrogen and oxygen atoms in total. The average Bonchev–Trinajstić information content (AvgIpc) is 2.47. The van der Waals surface area contributed by atoms with Crippen LogP contribution in [0.15, 0.2) is 0 Å². The molecule has 0 amide bonds. The Labute approximate surface area is 123 Å². The van der Waals surface area contributed by atoms with Crippen LogP contribution in [0.25, 0.3) is 0 Å². The standard InChI is InChI=1S/C15H24F3NO2/c1-21-13(20)14(19-12-5-3-2-4-6-12)9-7-11(8-10-14)15(16,17)18/h11-12,19H,2-10H2,1H3. The Balaban J connectivity index is 2.03. The molecule has 0 aromatic heterocycles. The SMILES string of the molecule is COC(=O)C1(NC2CCCCC2)CCC(C(F)(F)F)CC1. The van der Waals surface area contributed by atoms with Crippen LogP contribution in [0.4, 0.5) is 13.2 Å². The number of rotatable bonds is 3. The van der Waals surface area contributed by atoms with E-state index in [0.717, 1.165) is 25.7 Å². The van der Waals surface area contributed by atoms with Gasteiger partial charge < -0.3 is 4.74 Å². The van der Waals surface area contributed by atoms with Gasteiger partial charge in [-0.05, 0) is 38.5 Å². The zero-order valence-corrected chi connectivity index (χ0v) is 12.5. The van der Waals surface area contributed by atoms with Crippen molar-refractivity contribution in [1.82, 2.24) is 5.32 Å². The van der Waals surface area contributed by atoms with E-state index < -0.39 is 23.6 Å². The number of nitrogens with one attached hydrogen (secondary N) is 1. The van der Waals surface area contributed by atoms with Gasteiger partial charge in [-0.15, -0.1) is 0 Å². The zero-order chi connectivity index (χ0) is 15.5. The third kappa shape index (κ3) is 3.90. The van der Waals surface area contributed by atoms with Gasteiger partial charge in [-0.3, -0.25) is 10.1 Å². The highest BCUT2D eigenvalue weighted by atomic mass is 19.4. The van der Waals surface area contributed by atoms with Crippen LogP contribution >= 0.6 is 0 Å². The van der Waals surface area contributed by atoms with Crippen molar-refractivity contribution in [2.24, 2.45) is 5.92 Å². The zero-order valence-electron chi connectivity index (χ0n) is 12.5. The third-order valence-electron chi connectivity index (χ3n) is 4.96. The molecule has 0 spiro atoms. The van der Waals surface area contributed by atoms with E-state index in [1.807, 2.05) is 0 Å². The van der Waals surface area contributed by atoms with E-state index in [2.05, 4.69) is 5.32 Å². The minimum Gasteiger partial charge on any atom is -0.468 e. The number of halogens is 3. The Bertz CT molecular complexity index is 356.